The van der Waals surface area contributed by atoms with Crippen LogP contribution in [0.2, 0.25) is 0 Å². The molecule has 1 aliphatic heterocycles. The van der Waals surface area contributed by atoms with Crippen molar-refractivity contribution in [3.05, 3.63) is 39.7 Å². The molecule has 0 aliphatic carbocycles. The van der Waals surface area contributed by atoms with Crippen LogP contribution < -0.4 is 5.32 Å². The van der Waals surface area contributed by atoms with Crippen LogP contribution in [0.1, 0.15) is 12.5 Å². The predicted molar refractivity (Wildman–Crippen MR) is 65.8 cm³/mol. The van der Waals surface area contributed by atoms with Crippen LogP contribution in [-0.4, -0.2) is 35.5 Å². The normalized spacial score (nSPS) is 20.9. The molecule has 1 heterocycles. The lowest BCUT2D eigenvalue weighted by molar-refractivity contribution is -0.387. The highest BCUT2D eigenvalue weighted by molar-refractivity contribution is 5.36. The van der Waals surface area contributed by atoms with E-state index in [1.807, 2.05) is 0 Å². The lowest BCUT2D eigenvalue weighted by atomic mass is 10.1. The minimum atomic E-state index is -0.714. The third kappa shape index (κ3) is 2.83. The molecule has 0 amide bonds. The van der Waals surface area contributed by atoms with Crippen molar-refractivity contribution in [2.24, 2.45) is 0 Å². The summed E-state index contributed by atoms with van der Waals surface area (Å²) in [5, 5.41) is 14.0. The van der Waals surface area contributed by atoms with Gasteiger partial charge in [0.2, 0.25) is 5.82 Å². The van der Waals surface area contributed by atoms with Crippen molar-refractivity contribution < 1.29 is 9.31 Å². The molecule has 1 aromatic carbocycles. The largest absolute Gasteiger partial charge is 0.312 e. The van der Waals surface area contributed by atoms with Gasteiger partial charge in [-0.2, -0.15) is 4.39 Å². The lowest BCUT2D eigenvalue weighted by Crippen LogP contribution is -2.48. The van der Waals surface area contributed by atoms with Crippen LogP contribution in [0, 0.1) is 15.9 Å². The predicted octanol–water partition coefficient (Wildman–Crippen LogP) is 1.53. The van der Waals surface area contributed by atoms with Crippen molar-refractivity contribution in [1.29, 1.82) is 0 Å². The average molecular weight is 253 g/mol. The number of nitrogens with zero attached hydrogens (tertiary/aromatic N) is 2. The molecule has 2 rings (SSSR count). The van der Waals surface area contributed by atoms with E-state index < -0.39 is 16.4 Å². The lowest BCUT2D eigenvalue weighted by Gasteiger charge is -2.31. The van der Waals surface area contributed by atoms with E-state index in [0.717, 1.165) is 19.6 Å². The highest BCUT2D eigenvalue weighted by atomic mass is 19.1. The smallest absolute Gasteiger partial charge is 0.305 e. The monoisotopic (exact) mass is 253 g/mol. The summed E-state index contributed by atoms with van der Waals surface area (Å²) in [7, 11) is 0. The third-order valence-electron chi connectivity index (χ3n) is 3.10. The molecular weight excluding hydrogens is 237 g/mol. The van der Waals surface area contributed by atoms with Crippen LogP contribution in [0.4, 0.5) is 10.1 Å². The van der Waals surface area contributed by atoms with Gasteiger partial charge in [-0.1, -0.05) is 12.1 Å². The second-order valence-electron chi connectivity index (χ2n) is 4.60. The van der Waals surface area contributed by atoms with E-state index in [2.05, 4.69) is 17.1 Å². The summed E-state index contributed by atoms with van der Waals surface area (Å²) in [5.41, 5.74) is -0.0611. The van der Waals surface area contributed by atoms with Gasteiger partial charge >= 0.3 is 5.69 Å². The molecule has 1 aliphatic rings. The summed E-state index contributed by atoms with van der Waals surface area (Å²) in [6, 6.07) is 4.69. The Hall–Kier alpha value is -1.53. The molecule has 0 aromatic heterocycles. The van der Waals surface area contributed by atoms with Gasteiger partial charge in [0, 0.05) is 43.9 Å². The van der Waals surface area contributed by atoms with Crippen LogP contribution >= 0.6 is 0 Å². The number of hydrogen-bond donors (Lipinski definition) is 1. The van der Waals surface area contributed by atoms with Crippen LogP contribution in [0.15, 0.2) is 18.2 Å². The van der Waals surface area contributed by atoms with Gasteiger partial charge in [-0.3, -0.25) is 15.0 Å². The minimum absolute atomic E-state index is 0.362. The van der Waals surface area contributed by atoms with Gasteiger partial charge in [0.05, 0.1) is 4.92 Å². The Kier molecular flexibility index (Phi) is 3.88. The van der Waals surface area contributed by atoms with E-state index >= 15 is 0 Å². The second-order valence-corrected chi connectivity index (χ2v) is 4.60. The highest BCUT2D eigenvalue weighted by Gasteiger charge is 2.21. The van der Waals surface area contributed by atoms with Gasteiger partial charge in [0.25, 0.3) is 0 Å². The maximum atomic E-state index is 13.9. The van der Waals surface area contributed by atoms with Gasteiger partial charge in [0.15, 0.2) is 0 Å². The molecule has 1 saturated heterocycles. The summed E-state index contributed by atoms with van der Waals surface area (Å²) in [4.78, 5) is 12.1. The van der Waals surface area contributed by atoms with E-state index in [9.17, 15) is 14.5 Å². The fraction of sp³-hybridized carbons (Fsp3) is 0.500. The summed E-state index contributed by atoms with van der Waals surface area (Å²) in [6.07, 6.45) is 0. The van der Waals surface area contributed by atoms with E-state index in [1.54, 1.807) is 6.07 Å². The van der Waals surface area contributed by atoms with Crippen molar-refractivity contribution >= 4 is 5.69 Å². The average Bonchev–Trinajstić information content (AvgIpc) is 2.31. The Morgan fingerprint density at radius 1 is 1.61 bits per heavy atom. The third-order valence-corrected chi connectivity index (χ3v) is 3.10. The van der Waals surface area contributed by atoms with E-state index in [1.165, 1.54) is 12.1 Å². The molecule has 0 radical (unpaired) electrons. The molecule has 5 nitrogen and oxygen atoms in total. The molecule has 98 valence electrons. The Morgan fingerprint density at radius 2 is 2.39 bits per heavy atom. The van der Waals surface area contributed by atoms with Crippen LogP contribution in [0.5, 0.6) is 0 Å². The molecule has 0 saturated carbocycles. The molecular formula is C12H16FN3O2. The molecule has 0 spiro atoms. The van der Waals surface area contributed by atoms with Crippen molar-refractivity contribution in [3.63, 3.8) is 0 Å². The molecule has 1 unspecified atom stereocenters. The van der Waals surface area contributed by atoms with Crippen molar-refractivity contribution in [2.75, 3.05) is 19.6 Å². The number of hydrogen-bond acceptors (Lipinski definition) is 4. The van der Waals surface area contributed by atoms with Gasteiger partial charge < -0.3 is 5.32 Å². The fourth-order valence-electron chi connectivity index (χ4n) is 2.23. The van der Waals surface area contributed by atoms with Crippen LogP contribution in [0.25, 0.3) is 0 Å². The Morgan fingerprint density at radius 3 is 3.06 bits per heavy atom. The summed E-state index contributed by atoms with van der Waals surface area (Å²) in [6.45, 7) is 4.99. The topological polar surface area (TPSA) is 58.4 Å². The zero-order chi connectivity index (χ0) is 13.1. The number of benzene rings is 1. The molecule has 18 heavy (non-hydrogen) atoms. The first-order valence-electron chi connectivity index (χ1n) is 5.95. The first kappa shape index (κ1) is 12.9. The number of nitro groups is 1. The first-order chi connectivity index (χ1) is 8.58. The highest BCUT2D eigenvalue weighted by Crippen LogP contribution is 2.21. The Labute approximate surface area is 105 Å². The maximum Gasteiger partial charge on any atom is 0.305 e. The quantitative estimate of drug-likeness (QED) is 0.655. The van der Waals surface area contributed by atoms with Crippen LogP contribution in [-0.2, 0) is 6.54 Å². The molecule has 1 N–H and O–H groups in total. The molecule has 6 heteroatoms. The molecule has 1 fully saturated rings. The number of nitrogens with one attached hydrogen (secondary N) is 1. The zero-order valence-corrected chi connectivity index (χ0v) is 10.2. The number of piperazine rings is 1. The fourth-order valence-corrected chi connectivity index (χ4v) is 2.23. The summed E-state index contributed by atoms with van der Waals surface area (Å²) in [5.74, 6) is -0.714. The van der Waals surface area contributed by atoms with E-state index in [-0.39, 0.29) is 0 Å². The molecule has 1 aromatic rings. The van der Waals surface area contributed by atoms with Crippen molar-refractivity contribution in [1.82, 2.24) is 10.2 Å². The van der Waals surface area contributed by atoms with Crippen molar-refractivity contribution in [2.45, 2.75) is 19.5 Å². The van der Waals surface area contributed by atoms with Gasteiger partial charge in [-0.05, 0) is 6.92 Å². The van der Waals surface area contributed by atoms with Crippen LogP contribution in [0.3, 0.4) is 0 Å². The SMILES string of the molecule is CC1CN(Cc2cccc([N+](=O)[O-])c2F)CCN1. The molecule has 1 atom stereocenters. The Balaban J connectivity index is 2.14. The summed E-state index contributed by atoms with van der Waals surface area (Å²) < 4.78 is 13.9. The summed E-state index contributed by atoms with van der Waals surface area (Å²) >= 11 is 0. The van der Waals surface area contributed by atoms with Gasteiger partial charge in [-0.15, -0.1) is 0 Å². The Bertz CT molecular complexity index is 453. The number of nitro benzene ring substituents is 1. The molecule has 0 bridgehead atoms. The number of rotatable bonds is 3. The maximum absolute atomic E-state index is 13.9. The van der Waals surface area contributed by atoms with Gasteiger partial charge in [-0.25, -0.2) is 0 Å². The standard InChI is InChI=1S/C12H16FN3O2/c1-9-7-15(6-5-14-9)8-10-3-2-4-11(12(10)13)16(17)18/h2-4,9,14H,5-8H2,1H3. The first-order valence-corrected chi connectivity index (χ1v) is 5.95. The van der Waals surface area contributed by atoms with Gasteiger partial charge in [0.1, 0.15) is 0 Å². The second kappa shape index (κ2) is 5.41. The zero-order valence-electron chi connectivity index (χ0n) is 10.2. The number of halogens is 1. The minimum Gasteiger partial charge on any atom is -0.312 e. The van der Waals surface area contributed by atoms with E-state index in [4.69, 9.17) is 0 Å². The van der Waals surface area contributed by atoms with E-state index in [0.29, 0.717) is 18.2 Å². The van der Waals surface area contributed by atoms with Crippen molar-refractivity contribution in [3.8, 4) is 0 Å².